The number of piperidine rings is 1. The summed E-state index contributed by atoms with van der Waals surface area (Å²) in [5.41, 5.74) is 2.34. The van der Waals surface area contributed by atoms with Crippen LogP contribution in [0.3, 0.4) is 0 Å². The van der Waals surface area contributed by atoms with E-state index in [1.807, 2.05) is 30.7 Å². The van der Waals surface area contributed by atoms with Gasteiger partial charge in [-0.3, -0.25) is 0 Å². The molecule has 2 N–H and O–H groups in total. The first-order chi connectivity index (χ1) is 16.2. The van der Waals surface area contributed by atoms with Gasteiger partial charge in [0.15, 0.2) is 11.6 Å². The highest BCUT2D eigenvalue weighted by Crippen LogP contribution is 2.39. The third-order valence-corrected chi connectivity index (χ3v) is 7.63. The van der Waals surface area contributed by atoms with E-state index in [2.05, 4.69) is 35.6 Å². The summed E-state index contributed by atoms with van der Waals surface area (Å²) in [6, 6.07) is 9.78. The van der Waals surface area contributed by atoms with Gasteiger partial charge in [-0.05, 0) is 68.5 Å². The number of aromatic hydroxyl groups is 1. The van der Waals surface area contributed by atoms with Crippen LogP contribution in [0.15, 0.2) is 41.7 Å². The molecule has 3 aliphatic rings. The average Bonchev–Trinajstić information content (AvgIpc) is 3.63. The van der Waals surface area contributed by atoms with Crippen LogP contribution in [-0.4, -0.2) is 60.9 Å². The van der Waals surface area contributed by atoms with E-state index in [4.69, 9.17) is 0 Å². The lowest BCUT2D eigenvalue weighted by Gasteiger charge is -2.38. The summed E-state index contributed by atoms with van der Waals surface area (Å²) in [5, 5.41) is 32.4. The van der Waals surface area contributed by atoms with Crippen molar-refractivity contribution >= 4 is 17.6 Å². The molecule has 0 amide bonds. The third-order valence-electron chi connectivity index (χ3n) is 7.01. The van der Waals surface area contributed by atoms with Crippen molar-refractivity contribution in [2.24, 2.45) is 0 Å². The van der Waals surface area contributed by atoms with Gasteiger partial charge in [-0.25, -0.2) is 4.98 Å². The van der Waals surface area contributed by atoms with E-state index < -0.39 is 0 Å². The Hall–Kier alpha value is -2.78. The van der Waals surface area contributed by atoms with Crippen molar-refractivity contribution in [2.45, 2.75) is 67.7 Å². The monoisotopic (exact) mass is 461 g/mol. The van der Waals surface area contributed by atoms with Gasteiger partial charge in [-0.15, -0.1) is 27.1 Å². The zero-order valence-electron chi connectivity index (χ0n) is 18.6. The van der Waals surface area contributed by atoms with Gasteiger partial charge >= 0.3 is 0 Å². The number of rotatable bonds is 6. The Morgan fingerprint density at radius 3 is 2.42 bits per heavy atom. The fraction of sp³-hybridized carbons (Fsp3) is 0.458. The number of anilines is 1. The number of phenols is 1. The summed E-state index contributed by atoms with van der Waals surface area (Å²) in [4.78, 5) is 7.07. The zero-order chi connectivity index (χ0) is 22.4. The van der Waals surface area contributed by atoms with Gasteiger partial charge in [0, 0.05) is 29.7 Å². The molecule has 33 heavy (non-hydrogen) atoms. The largest absolute Gasteiger partial charge is 0.507 e. The van der Waals surface area contributed by atoms with Crippen LogP contribution in [0.5, 0.6) is 5.75 Å². The molecule has 4 heterocycles. The molecule has 0 spiro atoms. The molecule has 1 unspecified atom stereocenters. The number of fused-ring (bicyclic) bond motifs is 2. The number of benzene rings is 1. The van der Waals surface area contributed by atoms with Gasteiger partial charge in [0.1, 0.15) is 10.8 Å². The number of aromatic nitrogens is 5. The molecule has 6 rings (SSSR count). The maximum atomic E-state index is 10.7. The number of nitrogens with one attached hydrogen (secondary N) is 1. The van der Waals surface area contributed by atoms with Crippen LogP contribution >= 0.6 is 11.8 Å². The highest BCUT2D eigenvalue weighted by Gasteiger charge is 2.41. The smallest absolute Gasteiger partial charge is 0.185 e. The average molecular weight is 462 g/mol. The second-order valence-electron chi connectivity index (χ2n) is 9.26. The molecule has 3 atom stereocenters. The quantitative estimate of drug-likeness (QED) is 0.533. The summed E-state index contributed by atoms with van der Waals surface area (Å²) < 4.78 is 0. The van der Waals surface area contributed by atoms with E-state index in [0.717, 1.165) is 22.0 Å². The molecule has 0 radical (unpaired) electrons. The van der Waals surface area contributed by atoms with E-state index in [1.165, 1.54) is 50.3 Å². The van der Waals surface area contributed by atoms with Gasteiger partial charge in [0.25, 0.3) is 0 Å². The highest BCUT2D eigenvalue weighted by atomic mass is 32.2. The molecule has 170 valence electrons. The minimum atomic E-state index is 0.124. The first kappa shape index (κ1) is 20.8. The molecule has 3 aromatic rings. The van der Waals surface area contributed by atoms with Crippen molar-refractivity contribution in [3.8, 4) is 28.3 Å². The number of nitrogens with zero attached hydrogens (tertiary/aromatic N) is 6. The predicted molar refractivity (Wildman–Crippen MR) is 128 cm³/mol. The number of hydrogen-bond acceptors (Lipinski definition) is 9. The lowest BCUT2D eigenvalue weighted by molar-refractivity contribution is 0.343. The molecular formula is C24H27N7OS. The predicted octanol–water partition coefficient (Wildman–Crippen LogP) is 3.67. The third kappa shape index (κ3) is 4.15. The Balaban J connectivity index is 1.24. The van der Waals surface area contributed by atoms with E-state index in [0.29, 0.717) is 35.6 Å². The maximum Gasteiger partial charge on any atom is 0.185 e. The molecule has 1 aromatic carbocycles. The highest BCUT2D eigenvalue weighted by molar-refractivity contribution is 7.98. The minimum Gasteiger partial charge on any atom is -0.507 e. The molecule has 1 saturated carbocycles. The molecular weight excluding hydrogens is 434 g/mol. The van der Waals surface area contributed by atoms with E-state index >= 15 is 0 Å². The molecule has 3 fully saturated rings. The first-order valence-corrected chi connectivity index (χ1v) is 12.8. The summed E-state index contributed by atoms with van der Waals surface area (Å²) >= 11 is 1.53. The van der Waals surface area contributed by atoms with E-state index in [-0.39, 0.29) is 5.75 Å². The topological polar surface area (TPSA) is 100.0 Å². The Bertz CT molecular complexity index is 1140. The molecule has 2 saturated heterocycles. The summed E-state index contributed by atoms with van der Waals surface area (Å²) in [6.07, 6.45) is 12.8. The summed E-state index contributed by atoms with van der Waals surface area (Å²) in [7, 11) is 0. The van der Waals surface area contributed by atoms with Crippen LogP contribution in [0.2, 0.25) is 0 Å². The minimum absolute atomic E-state index is 0.124. The summed E-state index contributed by atoms with van der Waals surface area (Å²) in [6.45, 7) is 0. The van der Waals surface area contributed by atoms with Crippen molar-refractivity contribution in [2.75, 3.05) is 11.2 Å². The molecule has 2 aliphatic heterocycles. The van der Waals surface area contributed by atoms with Crippen molar-refractivity contribution in [3.05, 3.63) is 36.7 Å². The number of thioether (sulfide) groups is 1. The van der Waals surface area contributed by atoms with Crippen LogP contribution in [0, 0.1) is 0 Å². The first-order valence-electron chi connectivity index (χ1n) is 11.6. The van der Waals surface area contributed by atoms with Crippen LogP contribution in [-0.2, 0) is 0 Å². The summed E-state index contributed by atoms with van der Waals surface area (Å²) in [5.74, 6) is 1.41. The van der Waals surface area contributed by atoms with E-state index in [9.17, 15) is 5.11 Å². The normalized spacial score (nSPS) is 24.1. The van der Waals surface area contributed by atoms with Crippen LogP contribution in [0.4, 0.5) is 5.82 Å². The lowest BCUT2D eigenvalue weighted by atomic mass is 9.98. The Kier molecular flexibility index (Phi) is 5.38. The van der Waals surface area contributed by atoms with Gasteiger partial charge in [0.2, 0.25) is 0 Å². The van der Waals surface area contributed by atoms with Gasteiger partial charge < -0.3 is 15.3 Å². The standard InChI is InChI=1S/C24H27N7OS/c1-33-23-9-15(12-26-29-23)14-2-7-20(21(32)8-14)24-25-13-22(28-30-24)31(18-5-6-18)19-10-16-3-4-17(11-19)27-16/h2,7-9,12-13,16-19,27,32H,3-6,10-11H2,1H3/t16-,17+,19?. The van der Waals surface area contributed by atoms with Crippen molar-refractivity contribution in [1.29, 1.82) is 0 Å². The molecule has 2 bridgehead atoms. The van der Waals surface area contributed by atoms with Crippen molar-refractivity contribution < 1.29 is 5.11 Å². The molecule has 1 aliphatic carbocycles. The van der Waals surface area contributed by atoms with Gasteiger partial charge in [0.05, 0.1) is 18.0 Å². The van der Waals surface area contributed by atoms with E-state index in [1.54, 1.807) is 12.3 Å². The number of hydrogen-bond donors (Lipinski definition) is 2. The Labute approximate surface area is 197 Å². The lowest BCUT2D eigenvalue weighted by Crippen LogP contribution is -2.49. The second-order valence-corrected chi connectivity index (χ2v) is 10.1. The SMILES string of the molecule is CSc1cc(-c2ccc(-c3ncc(N(C4CC4)C4C[C@H]5CC[C@@H](C4)N5)nn3)c(O)c2)cnn1. The Morgan fingerprint density at radius 1 is 0.939 bits per heavy atom. The fourth-order valence-electron chi connectivity index (χ4n) is 5.30. The van der Waals surface area contributed by atoms with Crippen LogP contribution < -0.4 is 10.2 Å². The molecule has 8 nitrogen and oxygen atoms in total. The van der Waals surface area contributed by atoms with Crippen LogP contribution in [0.1, 0.15) is 38.5 Å². The van der Waals surface area contributed by atoms with Crippen molar-refractivity contribution in [1.82, 2.24) is 30.7 Å². The maximum absolute atomic E-state index is 10.7. The van der Waals surface area contributed by atoms with Gasteiger partial charge in [-0.2, -0.15) is 5.10 Å². The fourth-order valence-corrected chi connectivity index (χ4v) is 5.67. The second kappa shape index (κ2) is 8.53. The number of phenolic OH excluding ortho intramolecular Hbond substituents is 1. The molecule has 2 aromatic heterocycles. The Morgan fingerprint density at radius 2 is 1.76 bits per heavy atom. The van der Waals surface area contributed by atoms with Crippen LogP contribution in [0.25, 0.3) is 22.5 Å². The molecule has 9 heteroatoms. The van der Waals surface area contributed by atoms with Crippen molar-refractivity contribution in [3.63, 3.8) is 0 Å². The van der Waals surface area contributed by atoms with Gasteiger partial charge in [-0.1, -0.05) is 6.07 Å². The zero-order valence-corrected chi connectivity index (χ0v) is 19.4.